The number of hydrogen-bond donors (Lipinski definition) is 2. The number of carbonyl (C=O) groups is 2. The van der Waals surface area contributed by atoms with Crippen LogP contribution < -0.4 is 5.32 Å². The molecule has 236 valence electrons. The number of nitrogens with one attached hydrogen (secondary N) is 1. The number of nitrogens with zero attached hydrogens (tertiary/aromatic N) is 2. The minimum atomic E-state index is -0.833. The Morgan fingerprint density at radius 1 is 0.773 bits per heavy atom. The van der Waals surface area contributed by atoms with Crippen LogP contribution >= 0.6 is 69.1 Å². The average Bonchev–Trinajstić information content (AvgIpc) is 3.59. The molecule has 0 radical (unpaired) electrons. The summed E-state index contributed by atoms with van der Waals surface area (Å²) < 4.78 is 0. The zero-order valence-corrected chi connectivity index (χ0v) is 28.1. The maximum absolute atomic E-state index is 12.2. The van der Waals surface area contributed by atoms with Gasteiger partial charge in [0, 0.05) is 79.9 Å². The molecule has 1 aliphatic rings. The zero-order chi connectivity index (χ0) is 30.9. The number of benzene rings is 2. The van der Waals surface area contributed by atoms with Crippen LogP contribution in [0.25, 0.3) is 20.9 Å². The highest BCUT2D eigenvalue weighted by atomic mass is 35.5. The molecule has 0 unspecified atom stereocenters. The van der Waals surface area contributed by atoms with Crippen molar-refractivity contribution in [1.29, 1.82) is 0 Å². The van der Waals surface area contributed by atoms with E-state index < -0.39 is 5.97 Å². The van der Waals surface area contributed by atoms with E-state index in [1.807, 2.05) is 36.4 Å². The predicted octanol–water partition coefficient (Wildman–Crippen LogP) is 8.61. The number of carboxylic acids is 1. The van der Waals surface area contributed by atoms with E-state index >= 15 is 0 Å². The summed E-state index contributed by atoms with van der Waals surface area (Å²) in [7, 11) is 2.14. The minimum Gasteiger partial charge on any atom is -0.481 e. The number of halogens is 4. The van der Waals surface area contributed by atoms with Crippen LogP contribution in [0.2, 0.25) is 20.1 Å². The first-order chi connectivity index (χ1) is 20.6. The molecule has 2 aromatic carbocycles. The molecule has 12 heteroatoms. The van der Waals surface area contributed by atoms with Gasteiger partial charge in [-0.15, -0.1) is 22.7 Å². The van der Waals surface area contributed by atoms with Gasteiger partial charge in [0.1, 0.15) is 0 Å². The lowest BCUT2D eigenvalue weighted by Crippen LogP contribution is -2.47. The second kappa shape index (κ2) is 17.5. The van der Waals surface area contributed by atoms with E-state index in [9.17, 15) is 9.59 Å². The quantitative estimate of drug-likeness (QED) is 0.182. The van der Waals surface area contributed by atoms with E-state index in [4.69, 9.17) is 51.5 Å². The standard InChI is InChI=1S/C19H23Cl2N3OS.C12H8Cl2O2S.CH4/c1-23-8-10-24(11-9-23)7-6-22-19(25)13-15-3-5-18(26-15)16-4-2-14(20)12-17(16)21;13-7-1-3-9(10(14)5-7)11-4-2-8(17-11)6-12(15)16;/h2-5,12H,6-11,13H2,1H3,(H,22,25);1-5H,6H2,(H,15,16);1H4. The third kappa shape index (κ3) is 11.0. The Kier molecular flexibility index (Phi) is 14.5. The summed E-state index contributed by atoms with van der Waals surface area (Å²) >= 11 is 27.1. The number of carbonyl (C=O) groups excluding carboxylic acids is 1. The van der Waals surface area contributed by atoms with Gasteiger partial charge < -0.3 is 15.3 Å². The van der Waals surface area contributed by atoms with Crippen LogP contribution in [-0.2, 0) is 22.4 Å². The van der Waals surface area contributed by atoms with Crippen LogP contribution in [0.15, 0.2) is 60.7 Å². The highest BCUT2D eigenvalue weighted by molar-refractivity contribution is 7.16. The number of thiophene rings is 2. The zero-order valence-electron chi connectivity index (χ0n) is 23.4. The molecule has 2 N–H and O–H groups in total. The average molecular weight is 716 g/mol. The Morgan fingerprint density at radius 3 is 1.75 bits per heavy atom. The largest absolute Gasteiger partial charge is 0.481 e. The summed E-state index contributed by atoms with van der Waals surface area (Å²) in [5.41, 5.74) is 1.82. The Hall–Kier alpha value is -2.14. The molecule has 0 atom stereocenters. The highest BCUT2D eigenvalue weighted by Crippen LogP contribution is 2.36. The molecule has 2 aromatic heterocycles. The molecule has 44 heavy (non-hydrogen) atoms. The van der Waals surface area contributed by atoms with Crippen molar-refractivity contribution in [3.8, 4) is 20.9 Å². The third-order valence-corrected chi connectivity index (χ3v) is 10.1. The minimum absolute atomic E-state index is 0. The maximum Gasteiger partial charge on any atom is 0.308 e. The lowest BCUT2D eigenvalue weighted by molar-refractivity contribution is -0.136. The Labute approximate surface area is 287 Å². The topological polar surface area (TPSA) is 72.9 Å². The fourth-order valence-electron chi connectivity index (χ4n) is 4.41. The van der Waals surface area contributed by atoms with Crippen LogP contribution in [0, 0.1) is 0 Å². The molecule has 1 fully saturated rings. The first-order valence-corrected chi connectivity index (χ1v) is 16.7. The van der Waals surface area contributed by atoms with Gasteiger partial charge in [-0.05, 0) is 55.6 Å². The summed E-state index contributed by atoms with van der Waals surface area (Å²) in [4.78, 5) is 31.3. The van der Waals surface area contributed by atoms with Gasteiger partial charge >= 0.3 is 5.97 Å². The number of likely N-dealkylation sites (N-methyl/N-ethyl adjacent to an activating group) is 1. The summed E-state index contributed by atoms with van der Waals surface area (Å²) in [6.45, 7) is 5.95. The summed E-state index contributed by atoms with van der Waals surface area (Å²) in [5, 5.41) is 14.1. The Balaban J connectivity index is 0.000000256. The Bertz CT molecular complexity index is 1550. The SMILES string of the molecule is C.CN1CCN(CCNC(=O)Cc2ccc(-c3ccc(Cl)cc3Cl)s2)CC1.O=C(O)Cc1ccc(-c2ccc(Cl)cc2Cl)s1. The van der Waals surface area contributed by atoms with Crippen LogP contribution in [0.1, 0.15) is 17.2 Å². The molecule has 0 aliphatic carbocycles. The fraction of sp³-hybridized carbons (Fsp3) is 0.312. The number of amides is 1. The first-order valence-electron chi connectivity index (χ1n) is 13.5. The monoisotopic (exact) mass is 713 g/mol. The number of rotatable bonds is 9. The van der Waals surface area contributed by atoms with Crippen molar-refractivity contribution >= 4 is 81.0 Å². The molecule has 3 heterocycles. The van der Waals surface area contributed by atoms with Gasteiger partial charge in [0.25, 0.3) is 0 Å². The second-order valence-electron chi connectivity index (χ2n) is 10.0. The Morgan fingerprint density at radius 2 is 1.27 bits per heavy atom. The summed E-state index contributed by atoms with van der Waals surface area (Å²) in [6.07, 6.45) is 0.439. The summed E-state index contributed by atoms with van der Waals surface area (Å²) in [6, 6.07) is 18.4. The van der Waals surface area contributed by atoms with Crippen molar-refractivity contribution in [2.75, 3.05) is 46.3 Å². The van der Waals surface area contributed by atoms with E-state index in [-0.39, 0.29) is 19.8 Å². The molecule has 0 bridgehead atoms. The van der Waals surface area contributed by atoms with Crippen molar-refractivity contribution in [3.63, 3.8) is 0 Å². The van der Waals surface area contributed by atoms with Crippen LogP contribution in [0.5, 0.6) is 0 Å². The van der Waals surface area contributed by atoms with E-state index in [0.717, 1.165) is 63.4 Å². The molecule has 1 amide bonds. The normalized spacial score (nSPS) is 13.5. The van der Waals surface area contributed by atoms with Gasteiger partial charge in [-0.1, -0.05) is 66.0 Å². The van der Waals surface area contributed by atoms with Gasteiger partial charge in [0.2, 0.25) is 5.91 Å². The molecule has 1 saturated heterocycles. The van der Waals surface area contributed by atoms with Crippen LogP contribution in [-0.4, -0.2) is 73.1 Å². The lowest BCUT2D eigenvalue weighted by Gasteiger charge is -2.32. The number of carboxylic acid groups (broad SMARTS) is 1. The van der Waals surface area contributed by atoms with Crippen molar-refractivity contribution < 1.29 is 14.7 Å². The van der Waals surface area contributed by atoms with Crippen LogP contribution in [0.4, 0.5) is 0 Å². The molecular weight excluding hydrogens is 680 g/mol. The van der Waals surface area contributed by atoms with Gasteiger partial charge in [-0.2, -0.15) is 0 Å². The van der Waals surface area contributed by atoms with Crippen molar-refractivity contribution in [3.05, 3.63) is 90.5 Å². The number of hydrogen-bond acceptors (Lipinski definition) is 6. The first kappa shape index (κ1) is 36.3. The third-order valence-electron chi connectivity index (χ3n) is 6.72. The highest BCUT2D eigenvalue weighted by Gasteiger charge is 2.14. The van der Waals surface area contributed by atoms with E-state index in [1.54, 1.807) is 35.6 Å². The molecule has 1 aliphatic heterocycles. The van der Waals surface area contributed by atoms with Crippen molar-refractivity contribution in [1.82, 2.24) is 15.1 Å². The molecule has 4 aromatic rings. The molecule has 5 rings (SSSR count). The lowest BCUT2D eigenvalue weighted by atomic mass is 10.2. The van der Waals surface area contributed by atoms with Crippen LogP contribution in [0.3, 0.4) is 0 Å². The number of piperazine rings is 1. The van der Waals surface area contributed by atoms with Gasteiger partial charge in [-0.3, -0.25) is 14.5 Å². The molecule has 6 nitrogen and oxygen atoms in total. The molecule has 0 saturated carbocycles. The van der Waals surface area contributed by atoms with Gasteiger partial charge in [-0.25, -0.2) is 0 Å². The second-order valence-corrected chi connectivity index (χ2v) is 14.0. The predicted molar refractivity (Wildman–Crippen MR) is 188 cm³/mol. The van der Waals surface area contributed by atoms with Crippen molar-refractivity contribution in [2.45, 2.75) is 20.3 Å². The molecular formula is C32H35Cl4N3O3S2. The fourth-order valence-corrected chi connectivity index (χ4v) is 7.63. The van der Waals surface area contributed by atoms with Gasteiger partial charge in [0.15, 0.2) is 0 Å². The van der Waals surface area contributed by atoms with E-state index in [1.165, 1.54) is 11.3 Å². The van der Waals surface area contributed by atoms with E-state index in [0.29, 0.717) is 33.1 Å². The van der Waals surface area contributed by atoms with Gasteiger partial charge in [0.05, 0.1) is 22.9 Å². The molecule has 0 spiro atoms. The summed E-state index contributed by atoms with van der Waals surface area (Å²) in [5.74, 6) is -0.768. The van der Waals surface area contributed by atoms with Crippen molar-refractivity contribution in [2.24, 2.45) is 0 Å². The van der Waals surface area contributed by atoms with E-state index in [2.05, 4.69) is 22.2 Å². The maximum atomic E-state index is 12.2. The smallest absolute Gasteiger partial charge is 0.308 e. The number of aliphatic carboxylic acids is 1.